The van der Waals surface area contributed by atoms with Crippen molar-refractivity contribution in [3.05, 3.63) is 55.7 Å². The number of amides is 1. The summed E-state index contributed by atoms with van der Waals surface area (Å²) in [5.41, 5.74) is 2.29. The molecule has 3 heterocycles. The summed E-state index contributed by atoms with van der Waals surface area (Å²) in [6.45, 7) is 8.78. The van der Waals surface area contributed by atoms with Crippen molar-refractivity contribution in [2.45, 2.75) is 25.9 Å². The van der Waals surface area contributed by atoms with Gasteiger partial charge in [-0.05, 0) is 42.0 Å². The highest BCUT2D eigenvalue weighted by Gasteiger charge is 2.33. The van der Waals surface area contributed by atoms with Crippen LogP contribution in [0.1, 0.15) is 27.2 Å². The van der Waals surface area contributed by atoms with Gasteiger partial charge in [0, 0.05) is 56.9 Å². The Morgan fingerprint density at radius 2 is 1.82 bits per heavy atom. The molecule has 0 N–H and O–H groups in total. The first-order chi connectivity index (χ1) is 13.5. The largest absolute Gasteiger partial charge is 0.336 e. The number of benzene rings is 1. The molecule has 2 aromatic rings. The van der Waals surface area contributed by atoms with Gasteiger partial charge in [0.05, 0.1) is 5.02 Å². The Hall–Kier alpha value is -1.11. The molecule has 7 heteroatoms. The third-order valence-electron chi connectivity index (χ3n) is 5.79. The van der Waals surface area contributed by atoms with E-state index in [1.54, 1.807) is 0 Å². The quantitative estimate of drug-likeness (QED) is 0.708. The Morgan fingerprint density at radius 1 is 1.11 bits per heavy atom. The van der Waals surface area contributed by atoms with Crippen molar-refractivity contribution in [2.24, 2.45) is 0 Å². The van der Waals surface area contributed by atoms with Gasteiger partial charge < -0.3 is 4.90 Å². The Balaban J connectivity index is 1.28. The molecule has 0 radical (unpaired) electrons. The first-order valence-corrected chi connectivity index (χ1v) is 11.4. The van der Waals surface area contributed by atoms with E-state index in [4.69, 9.17) is 23.2 Å². The normalized spacial score (nSPS) is 21.4. The van der Waals surface area contributed by atoms with E-state index in [1.165, 1.54) is 16.9 Å². The zero-order valence-electron chi connectivity index (χ0n) is 16.0. The third-order valence-corrected chi connectivity index (χ3v) is 7.72. The molecule has 28 heavy (non-hydrogen) atoms. The molecule has 1 aromatic heterocycles. The van der Waals surface area contributed by atoms with Gasteiger partial charge in [-0.2, -0.15) is 0 Å². The van der Waals surface area contributed by atoms with Crippen molar-refractivity contribution in [1.29, 1.82) is 0 Å². The molecule has 4 nitrogen and oxygen atoms in total. The Morgan fingerprint density at radius 3 is 2.46 bits per heavy atom. The van der Waals surface area contributed by atoms with Gasteiger partial charge in [0.1, 0.15) is 4.88 Å². The fourth-order valence-electron chi connectivity index (χ4n) is 4.08. The lowest BCUT2D eigenvalue weighted by Crippen LogP contribution is -2.50. The highest BCUT2D eigenvalue weighted by Crippen LogP contribution is 2.30. The molecule has 2 aliphatic rings. The van der Waals surface area contributed by atoms with E-state index in [2.05, 4.69) is 21.9 Å². The van der Waals surface area contributed by atoms with Crippen LogP contribution in [0.15, 0.2) is 29.6 Å². The molecule has 1 amide bonds. The maximum Gasteiger partial charge on any atom is 0.265 e. The minimum absolute atomic E-state index is 0.0898. The molecule has 150 valence electrons. The molecule has 0 aliphatic carbocycles. The minimum Gasteiger partial charge on any atom is -0.336 e. The van der Waals surface area contributed by atoms with Gasteiger partial charge in [-0.3, -0.25) is 14.6 Å². The van der Waals surface area contributed by atoms with Crippen LogP contribution in [0, 0.1) is 6.92 Å². The van der Waals surface area contributed by atoms with Gasteiger partial charge in [-0.25, -0.2) is 0 Å². The average molecular weight is 438 g/mol. The second-order valence-electron chi connectivity index (χ2n) is 7.69. The summed E-state index contributed by atoms with van der Waals surface area (Å²) in [4.78, 5) is 20.5. The molecule has 2 aliphatic heterocycles. The molecule has 0 spiro atoms. The highest BCUT2D eigenvalue weighted by molar-refractivity contribution is 7.13. The summed E-state index contributed by atoms with van der Waals surface area (Å²) >= 11 is 13.7. The number of aryl methyl sites for hydroxylation is 1. The standard InChI is InChI=1S/C21H25Cl2N3OS/c1-15-14-28-20(19(15)23)21(27)26-7-6-18(13-26)25-10-8-24(9-11-25)12-16-2-4-17(22)5-3-16/h2-5,14,18H,6-13H2,1H3. The average Bonchev–Trinajstić information content (AvgIpc) is 3.32. The first kappa shape index (κ1) is 20.2. The van der Waals surface area contributed by atoms with Crippen LogP contribution in [0.2, 0.25) is 10.0 Å². The third kappa shape index (κ3) is 4.39. The Kier molecular flexibility index (Phi) is 6.28. The van der Waals surface area contributed by atoms with Gasteiger partial charge in [-0.1, -0.05) is 35.3 Å². The summed E-state index contributed by atoms with van der Waals surface area (Å²) in [7, 11) is 0. The Bertz CT molecular complexity index is 831. The van der Waals surface area contributed by atoms with E-state index in [1.807, 2.05) is 29.3 Å². The van der Waals surface area contributed by atoms with Crippen molar-refractivity contribution < 1.29 is 4.79 Å². The lowest BCUT2D eigenvalue weighted by molar-refractivity contribution is 0.0738. The summed E-state index contributed by atoms with van der Waals surface area (Å²) in [6, 6.07) is 8.58. The van der Waals surface area contributed by atoms with Crippen LogP contribution in [-0.4, -0.2) is 65.9 Å². The fraction of sp³-hybridized carbons (Fsp3) is 0.476. The van der Waals surface area contributed by atoms with Crippen molar-refractivity contribution in [2.75, 3.05) is 39.3 Å². The predicted molar refractivity (Wildman–Crippen MR) is 117 cm³/mol. The maximum absolute atomic E-state index is 12.8. The molecule has 1 aromatic carbocycles. The van der Waals surface area contributed by atoms with E-state index >= 15 is 0 Å². The molecular formula is C21H25Cl2N3OS. The van der Waals surface area contributed by atoms with Gasteiger partial charge in [0.15, 0.2) is 0 Å². The van der Waals surface area contributed by atoms with Crippen molar-refractivity contribution in [1.82, 2.24) is 14.7 Å². The second-order valence-corrected chi connectivity index (χ2v) is 9.39. The van der Waals surface area contributed by atoms with Gasteiger partial charge in [0.2, 0.25) is 0 Å². The van der Waals surface area contributed by atoms with E-state index in [0.29, 0.717) is 15.9 Å². The van der Waals surface area contributed by atoms with Crippen LogP contribution < -0.4 is 0 Å². The number of nitrogens with zero attached hydrogens (tertiary/aromatic N) is 3. The van der Waals surface area contributed by atoms with Gasteiger partial charge in [-0.15, -0.1) is 11.3 Å². The zero-order chi connectivity index (χ0) is 19.7. The smallest absolute Gasteiger partial charge is 0.265 e. The first-order valence-electron chi connectivity index (χ1n) is 9.75. The van der Waals surface area contributed by atoms with Crippen molar-refractivity contribution in [3.8, 4) is 0 Å². The highest BCUT2D eigenvalue weighted by atomic mass is 35.5. The lowest BCUT2D eigenvalue weighted by Gasteiger charge is -2.38. The SMILES string of the molecule is Cc1csc(C(=O)N2CCC(N3CCN(Cc4ccc(Cl)cc4)CC3)C2)c1Cl. The minimum atomic E-state index is 0.0898. The molecule has 1 atom stereocenters. The van der Waals surface area contributed by atoms with Crippen LogP contribution >= 0.6 is 34.5 Å². The number of piperazine rings is 1. The molecule has 2 saturated heterocycles. The molecule has 2 fully saturated rings. The molecule has 0 bridgehead atoms. The number of carbonyl (C=O) groups excluding carboxylic acids is 1. The number of hydrogen-bond donors (Lipinski definition) is 0. The summed E-state index contributed by atoms with van der Waals surface area (Å²) < 4.78 is 0. The molecule has 4 rings (SSSR count). The van der Waals surface area contributed by atoms with E-state index in [9.17, 15) is 4.79 Å². The molecular weight excluding hydrogens is 413 g/mol. The van der Waals surface area contributed by atoms with E-state index in [0.717, 1.165) is 62.8 Å². The number of hydrogen-bond acceptors (Lipinski definition) is 4. The number of likely N-dealkylation sites (tertiary alicyclic amines) is 1. The van der Waals surface area contributed by atoms with Crippen LogP contribution in [0.3, 0.4) is 0 Å². The van der Waals surface area contributed by atoms with Crippen molar-refractivity contribution in [3.63, 3.8) is 0 Å². The number of carbonyl (C=O) groups is 1. The fourth-order valence-corrected chi connectivity index (χ4v) is 5.44. The van der Waals surface area contributed by atoms with Crippen LogP contribution in [0.5, 0.6) is 0 Å². The lowest BCUT2D eigenvalue weighted by atomic mass is 10.1. The van der Waals surface area contributed by atoms with E-state index < -0.39 is 0 Å². The topological polar surface area (TPSA) is 26.8 Å². The molecule has 0 saturated carbocycles. The monoisotopic (exact) mass is 437 g/mol. The predicted octanol–water partition coefficient (Wildman–Crippen LogP) is 4.40. The van der Waals surface area contributed by atoms with Gasteiger partial charge >= 0.3 is 0 Å². The number of halogens is 2. The van der Waals surface area contributed by atoms with Crippen LogP contribution in [0.4, 0.5) is 0 Å². The number of rotatable bonds is 4. The summed E-state index contributed by atoms with van der Waals surface area (Å²) in [5.74, 6) is 0.0898. The molecule has 1 unspecified atom stereocenters. The van der Waals surface area contributed by atoms with Gasteiger partial charge in [0.25, 0.3) is 5.91 Å². The van der Waals surface area contributed by atoms with Crippen molar-refractivity contribution >= 4 is 40.4 Å². The Labute approximate surface area is 180 Å². The maximum atomic E-state index is 12.8. The van der Waals surface area contributed by atoms with E-state index in [-0.39, 0.29) is 5.91 Å². The van der Waals surface area contributed by atoms with Crippen LogP contribution in [0.25, 0.3) is 0 Å². The summed E-state index contributed by atoms with van der Waals surface area (Å²) in [5, 5.41) is 3.37. The zero-order valence-corrected chi connectivity index (χ0v) is 18.4. The van der Waals surface area contributed by atoms with Crippen LogP contribution in [-0.2, 0) is 6.54 Å². The summed E-state index contributed by atoms with van der Waals surface area (Å²) in [6.07, 6.45) is 1.05. The second kappa shape index (κ2) is 8.72. The number of thiophene rings is 1.